The first-order valence-corrected chi connectivity index (χ1v) is 12.5. The zero-order chi connectivity index (χ0) is 21.3. The predicted octanol–water partition coefficient (Wildman–Crippen LogP) is 4.71. The third-order valence-electron chi connectivity index (χ3n) is 5.36. The van der Waals surface area contributed by atoms with Crippen LogP contribution >= 0.6 is 11.3 Å². The van der Waals surface area contributed by atoms with Gasteiger partial charge in [0.25, 0.3) is 10.0 Å². The van der Waals surface area contributed by atoms with Gasteiger partial charge in [-0.1, -0.05) is 24.3 Å². The average molecular weight is 442 g/mol. The molecule has 0 aliphatic carbocycles. The molecule has 0 spiro atoms. The molecule has 5 nitrogen and oxygen atoms in total. The van der Waals surface area contributed by atoms with E-state index in [9.17, 15) is 8.42 Å². The molecule has 7 heteroatoms. The van der Waals surface area contributed by atoms with Gasteiger partial charge >= 0.3 is 0 Å². The van der Waals surface area contributed by atoms with Crippen LogP contribution in [0.3, 0.4) is 0 Å². The SMILES string of the molecule is Cc1ccc(N2C[C@@H](C)N[C@@H](C)C2)cc1NS(=O)(=O)c1ccc(-c2cccs2)cc1. The average Bonchev–Trinajstić information content (AvgIpc) is 3.24. The van der Waals surface area contributed by atoms with Gasteiger partial charge in [-0.15, -0.1) is 11.3 Å². The molecule has 30 heavy (non-hydrogen) atoms. The van der Waals surface area contributed by atoms with E-state index in [1.807, 2.05) is 48.7 Å². The summed E-state index contributed by atoms with van der Waals surface area (Å²) in [5.74, 6) is 0. The number of benzene rings is 2. The van der Waals surface area contributed by atoms with Crippen molar-refractivity contribution in [3.05, 3.63) is 65.5 Å². The lowest BCUT2D eigenvalue weighted by molar-refractivity contribution is 0.407. The fourth-order valence-corrected chi connectivity index (χ4v) is 5.75. The molecule has 0 unspecified atom stereocenters. The van der Waals surface area contributed by atoms with Crippen LogP contribution in [0.15, 0.2) is 64.9 Å². The molecule has 0 saturated carbocycles. The van der Waals surface area contributed by atoms with Crippen LogP contribution in [0.5, 0.6) is 0 Å². The quantitative estimate of drug-likeness (QED) is 0.602. The van der Waals surface area contributed by atoms with Crippen molar-refractivity contribution in [2.75, 3.05) is 22.7 Å². The molecule has 2 N–H and O–H groups in total. The summed E-state index contributed by atoms with van der Waals surface area (Å²) in [6.45, 7) is 8.04. The fraction of sp³-hybridized carbons (Fsp3) is 0.304. The van der Waals surface area contributed by atoms with Crippen LogP contribution in [0.4, 0.5) is 11.4 Å². The summed E-state index contributed by atoms with van der Waals surface area (Å²) in [5.41, 5.74) is 3.57. The van der Waals surface area contributed by atoms with Crippen LogP contribution in [0, 0.1) is 6.92 Å². The number of hydrogen-bond acceptors (Lipinski definition) is 5. The molecule has 4 rings (SSSR count). The highest BCUT2D eigenvalue weighted by atomic mass is 32.2. The van der Waals surface area contributed by atoms with Gasteiger partial charge in [0.1, 0.15) is 0 Å². The standard InChI is InChI=1S/C23H27N3O2S2/c1-16-6-9-20(26-14-17(2)24-18(3)15-26)13-22(16)25-30(27,28)21-10-7-19(8-11-21)23-5-4-12-29-23/h4-13,17-18,24-25H,14-15H2,1-3H3/t17-,18+. The zero-order valence-electron chi connectivity index (χ0n) is 17.4. The summed E-state index contributed by atoms with van der Waals surface area (Å²) >= 11 is 1.64. The maximum Gasteiger partial charge on any atom is 0.261 e. The van der Waals surface area contributed by atoms with Crippen LogP contribution in [-0.2, 0) is 10.0 Å². The second-order valence-electron chi connectivity index (χ2n) is 7.98. The molecule has 2 heterocycles. The summed E-state index contributed by atoms with van der Waals surface area (Å²) in [6, 6.07) is 17.8. The lowest BCUT2D eigenvalue weighted by atomic mass is 10.1. The predicted molar refractivity (Wildman–Crippen MR) is 126 cm³/mol. The second-order valence-corrected chi connectivity index (χ2v) is 10.6. The van der Waals surface area contributed by atoms with Gasteiger partial charge in [0.15, 0.2) is 0 Å². The Kier molecular flexibility index (Phi) is 5.86. The van der Waals surface area contributed by atoms with E-state index >= 15 is 0 Å². The molecule has 1 aliphatic rings. The van der Waals surface area contributed by atoms with E-state index in [-0.39, 0.29) is 4.90 Å². The molecule has 2 atom stereocenters. The van der Waals surface area contributed by atoms with Crippen molar-refractivity contribution in [1.82, 2.24) is 5.32 Å². The van der Waals surface area contributed by atoms with E-state index in [1.165, 1.54) is 0 Å². The Hall–Kier alpha value is -2.35. The zero-order valence-corrected chi connectivity index (χ0v) is 19.1. The normalized spacial score (nSPS) is 19.6. The Bertz CT molecular complexity index is 1100. The first-order chi connectivity index (χ1) is 14.3. The number of rotatable bonds is 5. The molecule has 1 aromatic heterocycles. The van der Waals surface area contributed by atoms with Crippen molar-refractivity contribution in [1.29, 1.82) is 0 Å². The number of nitrogens with one attached hydrogen (secondary N) is 2. The Labute approximate surface area is 182 Å². The monoisotopic (exact) mass is 441 g/mol. The Morgan fingerprint density at radius 1 is 1.03 bits per heavy atom. The number of thiophene rings is 1. The summed E-state index contributed by atoms with van der Waals surface area (Å²) < 4.78 is 28.8. The van der Waals surface area contributed by atoms with E-state index in [4.69, 9.17) is 0 Å². The van der Waals surface area contributed by atoms with Gasteiger partial charge in [0.05, 0.1) is 10.6 Å². The van der Waals surface area contributed by atoms with Gasteiger partial charge in [0.2, 0.25) is 0 Å². The number of hydrogen-bond donors (Lipinski definition) is 2. The van der Waals surface area contributed by atoms with Crippen LogP contribution in [-0.4, -0.2) is 33.6 Å². The highest BCUT2D eigenvalue weighted by Crippen LogP contribution is 2.29. The lowest BCUT2D eigenvalue weighted by Gasteiger charge is -2.38. The fourth-order valence-electron chi connectivity index (χ4n) is 3.90. The van der Waals surface area contributed by atoms with Crippen LogP contribution in [0.2, 0.25) is 0 Å². The summed E-state index contributed by atoms with van der Waals surface area (Å²) in [6.07, 6.45) is 0. The van der Waals surface area contributed by atoms with Crippen molar-refractivity contribution in [2.24, 2.45) is 0 Å². The van der Waals surface area contributed by atoms with Crippen LogP contribution in [0.1, 0.15) is 19.4 Å². The first-order valence-electron chi connectivity index (χ1n) is 10.1. The van der Waals surface area contributed by atoms with Gasteiger partial charge in [-0.05, 0) is 67.6 Å². The molecule has 3 aromatic rings. The largest absolute Gasteiger partial charge is 0.368 e. The molecule has 1 fully saturated rings. The molecule has 2 aromatic carbocycles. The van der Waals surface area contributed by atoms with Crippen molar-refractivity contribution in [3.63, 3.8) is 0 Å². The van der Waals surface area contributed by atoms with Crippen molar-refractivity contribution in [2.45, 2.75) is 37.8 Å². The smallest absolute Gasteiger partial charge is 0.261 e. The third kappa shape index (κ3) is 4.53. The molecule has 0 bridgehead atoms. The van der Waals surface area contributed by atoms with Gasteiger partial charge in [-0.2, -0.15) is 0 Å². The van der Waals surface area contributed by atoms with Gasteiger partial charge in [0, 0.05) is 35.7 Å². The van der Waals surface area contributed by atoms with Crippen LogP contribution in [0.25, 0.3) is 10.4 Å². The van der Waals surface area contributed by atoms with E-state index in [0.29, 0.717) is 17.8 Å². The van der Waals surface area contributed by atoms with E-state index in [1.54, 1.807) is 23.5 Å². The number of nitrogens with zero attached hydrogens (tertiary/aromatic N) is 1. The summed E-state index contributed by atoms with van der Waals surface area (Å²) in [4.78, 5) is 3.69. The molecular weight excluding hydrogens is 414 g/mol. The number of anilines is 2. The summed E-state index contributed by atoms with van der Waals surface area (Å²) in [7, 11) is -3.67. The maximum atomic E-state index is 13.0. The Morgan fingerprint density at radius 3 is 2.37 bits per heavy atom. The minimum atomic E-state index is -3.67. The van der Waals surface area contributed by atoms with E-state index < -0.39 is 10.0 Å². The molecular formula is C23H27N3O2S2. The number of aryl methyl sites for hydroxylation is 1. The maximum absolute atomic E-state index is 13.0. The van der Waals surface area contributed by atoms with E-state index in [2.05, 4.69) is 34.9 Å². The van der Waals surface area contributed by atoms with Crippen molar-refractivity contribution in [3.8, 4) is 10.4 Å². The van der Waals surface area contributed by atoms with Crippen LogP contribution < -0.4 is 14.9 Å². The third-order valence-corrected chi connectivity index (χ3v) is 7.66. The highest BCUT2D eigenvalue weighted by molar-refractivity contribution is 7.92. The Balaban J connectivity index is 1.57. The van der Waals surface area contributed by atoms with Crippen molar-refractivity contribution >= 4 is 32.7 Å². The van der Waals surface area contributed by atoms with Gasteiger partial charge in [-0.3, -0.25) is 4.72 Å². The van der Waals surface area contributed by atoms with Gasteiger partial charge in [-0.25, -0.2) is 8.42 Å². The van der Waals surface area contributed by atoms with Gasteiger partial charge < -0.3 is 10.2 Å². The topological polar surface area (TPSA) is 61.4 Å². The summed E-state index contributed by atoms with van der Waals surface area (Å²) in [5, 5.41) is 5.54. The molecule has 1 aliphatic heterocycles. The second kappa shape index (κ2) is 8.41. The van der Waals surface area contributed by atoms with Crippen molar-refractivity contribution < 1.29 is 8.42 Å². The number of piperazine rings is 1. The molecule has 158 valence electrons. The highest BCUT2D eigenvalue weighted by Gasteiger charge is 2.22. The first kappa shape index (κ1) is 20.9. The van der Waals surface area contributed by atoms with E-state index in [0.717, 1.165) is 34.8 Å². The minimum absolute atomic E-state index is 0.261. The Morgan fingerprint density at radius 2 is 1.73 bits per heavy atom. The number of sulfonamides is 1. The minimum Gasteiger partial charge on any atom is -0.368 e. The molecule has 0 amide bonds. The molecule has 0 radical (unpaired) electrons. The molecule has 1 saturated heterocycles. The lowest BCUT2D eigenvalue weighted by Crippen LogP contribution is -2.54.